The average molecular weight is 168 g/mol. The van der Waals surface area contributed by atoms with Crippen LogP contribution in [0.5, 0.6) is 5.75 Å². The first kappa shape index (κ1) is 9.04. The van der Waals surface area contributed by atoms with Crippen LogP contribution in [-0.4, -0.2) is 5.11 Å². The van der Waals surface area contributed by atoms with Gasteiger partial charge in [0.15, 0.2) is 0 Å². The van der Waals surface area contributed by atoms with Crippen molar-refractivity contribution in [1.29, 1.82) is 0 Å². The molecule has 0 aromatic heterocycles. The number of aryl methyl sites for hydroxylation is 1. The first-order chi connectivity index (χ1) is 5.41. The van der Waals surface area contributed by atoms with Crippen LogP contribution in [-0.2, 0) is 5.67 Å². The number of phenols is 1. The molecule has 0 spiro atoms. The topological polar surface area (TPSA) is 20.2 Å². The molecule has 0 saturated heterocycles. The van der Waals surface area contributed by atoms with Crippen molar-refractivity contribution in [3.8, 4) is 5.75 Å². The highest BCUT2D eigenvalue weighted by molar-refractivity contribution is 5.37. The third-order valence-electron chi connectivity index (χ3n) is 1.90. The minimum Gasteiger partial charge on any atom is -0.508 e. The standard InChI is InChI=1S/C10H13FO/c1-7-4-5-8(6-9(7)12)10(2,3)11/h4-6,12H,1-3H3. The minimum absolute atomic E-state index is 0.151. The zero-order chi connectivity index (χ0) is 9.35. The molecule has 66 valence electrons. The fraction of sp³-hybridized carbons (Fsp3) is 0.400. The van der Waals surface area contributed by atoms with Crippen LogP contribution in [0, 0.1) is 6.92 Å². The Morgan fingerprint density at radius 1 is 1.33 bits per heavy atom. The van der Waals surface area contributed by atoms with Crippen molar-refractivity contribution in [2.75, 3.05) is 0 Å². The lowest BCUT2D eigenvalue weighted by Gasteiger charge is -2.15. The summed E-state index contributed by atoms with van der Waals surface area (Å²) in [5.74, 6) is 0.151. The van der Waals surface area contributed by atoms with Gasteiger partial charge in [0.2, 0.25) is 0 Å². The van der Waals surface area contributed by atoms with Crippen molar-refractivity contribution >= 4 is 0 Å². The van der Waals surface area contributed by atoms with Gasteiger partial charge in [0.25, 0.3) is 0 Å². The van der Waals surface area contributed by atoms with Gasteiger partial charge >= 0.3 is 0 Å². The molecule has 0 fully saturated rings. The lowest BCUT2D eigenvalue weighted by Crippen LogP contribution is -2.08. The summed E-state index contributed by atoms with van der Waals surface area (Å²) < 4.78 is 13.3. The first-order valence-electron chi connectivity index (χ1n) is 3.90. The fourth-order valence-electron chi connectivity index (χ4n) is 0.979. The third-order valence-corrected chi connectivity index (χ3v) is 1.90. The smallest absolute Gasteiger partial charge is 0.130 e. The molecule has 0 heterocycles. The Bertz CT molecular complexity index is 286. The normalized spacial score (nSPS) is 11.7. The second-order valence-electron chi connectivity index (χ2n) is 3.47. The molecule has 1 N–H and O–H groups in total. The summed E-state index contributed by atoms with van der Waals surface area (Å²) in [6, 6.07) is 4.87. The molecule has 1 aromatic carbocycles. The molecule has 0 aliphatic carbocycles. The molecule has 1 nitrogen and oxygen atoms in total. The van der Waals surface area contributed by atoms with Crippen LogP contribution >= 0.6 is 0 Å². The average Bonchev–Trinajstić information content (AvgIpc) is 1.92. The maximum atomic E-state index is 13.3. The number of halogens is 1. The van der Waals surface area contributed by atoms with Crippen LogP contribution in [0.15, 0.2) is 18.2 Å². The summed E-state index contributed by atoms with van der Waals surface area (Å²) in [7, 11) is 0. The third kappa shape index (κ3) is 1.76. The Kier molecular flexibility index (Phi) is 2.09. The van der Waals surface area contributed by atoms with Gasteiger partial charge in [0.1, 0.15) is 11.4 Å². The number of rotatable bonds is 1. The van der Waals surface area contributed by atoms with E-state index in [1.54, 1.807) is 19.1 Å². The fourth-order valence-corrected chi connectivity index (χ4v) is 0.979. The van der Waals surface area contributed by atoms with E-state index in [0.717, 1.165) is 5.56 Å². The lowest BCUT2D eigenvalue weighted by molar-refractivity contribution is 0.220. The van der Waals surface area contributed by atoms with Crippen LogP contribution < -0.4 is 0 Å². The van der Waals surface area contributed by atoms with E-state index in [4.69, 9.17) is 0 Å². The highest BCUT2D eigenvalue weighted by Gasteiger charge is 2.19. The van der Waals surface area contributed by atoms with Crippen LogP contribution in [0.25, 0.3) is 0 Å². The van der Waals surface area contributed by atoms with Gasteiger partial charge in [0.05, 0.1) is 0 Å². The summed E-state index contributed by atoms with van der Waals surface area (Å²) in [4.78, 5) is 0. The quantitative estimate of drug-likeness (QED) is 0.683. The van der Waals surface area contributed by atoms with Gasteiger partial charge in [-0.1, -0.05) is 12.1 Å². The van der Waals surface area contributed by atoms with Crippen LogP contribution in [0.3, 0.4) is 0 Å². The number of phenolic OH excluding ortho intramolecular Hbond substituents is 1. The maximum absolute atomic E-state index is 13.3. The largest absolute Gasteiger partial charge is 0.508 e. The summed E-state index contributed by atoms with van der Waals surface area (Å²) >= 11 is 0. The first-order valence-corrected chi connectivity index (χ1v) is 3.90. The predicted octanol–water partition coefficient (Wildman–Crippen LogP) is 2.91. The van der Waals surface area contributed by atoms with E-state index in [9.17, 15) is 9.50 Å². The van der Waals surface area contributed by atoms with E-state index < -0.39 is 5.67 Å². The summed E-state index contributed by atoms with van der Waals surface area (Å²) in [5, 5.41) is 9.30. The van der Waals surface area contributed by atoms with Gasteiger partial charge in [-0.15, -0.1) is 0 Å². The number of aromatic hydroxyl groups is 1. The Morgan fingerprint density at radius 2 is 1.92 bits per heavy atom. The van der Waals surface area contributed by atoms with Gasteiger partial charge in [0, 0.05) is 0 Å². The highest BCUT2D eigenvalue weighted by Crippen LogP contribution is 2.28. The monoisotopic (exact) mass is 168 g/mol. The predicted molar refractivity (Wildman–Crippen MR) is 47.0 cm³/mol. The van der Waals surface area contributed by atoms with E-state index in [0.29, 0.717) is 5.56 Å². The number of alkyl halides is 1. The van der Waals surface area contributed by atoms with Crippen molar-refractivity contribution in [3.63, 3.8) is 0 Å². The van der Waals surface area contributed by atoms with Crippen LogP contribution in [0.4, 0.5) is 4.39 Å². The van der Waals surface area contributed by atoms with E-state index in [2.05, 4.69) is 0 Å². The molecule has 12 heavy (non-hydrogen) atoms. The molecule has 2 heteroatoms. The van der Waals surface area contributed by atoms with Crippen molar-refractivity contribution in [2.24, 2.45) is 0 Å². The molecule has 0 saturated carbocycles. The van der Waals surface area contributed by atoms with Gasteiger partial charge in [-0.25, -0.2) is 4.39 Å². The van der Waals surface area contributed by atoms with Gasteiger partial charge < -0.3 is 5.11 Å². The molecule has 0 aliphatic heterocycles. The van der Waals surface area contributed by atoms with Crippen molar-refractivity contribution in [3.05, 3.63) is 29.3 Å². The molecule has 0 bridgehead atoms. The van der Waals surface area contributed by atoms with E-state index in [1.807, 2.05) is 0 Å². The molecule has 0 radical (unpaired) electrons. The maximum Gasteiger partial charge on any atom is 0.130 e. The second-order valence-corrected chi connectivity index (χ2v) is 3.47. The Hall–Kier alpha value is -1.05. The van der Waals surface area contributed by atoms with Gasteiger partial charge in [-0.3, -0.25) is 0 Å². The minimum atomic E-state index is -1.38. The van der Waals surface area contributed by atoms with Gasteiger partial charge in [-0.2, -0.15) is 0 Å². The van der Waals surface area contributed by atoms with E-state index >= 15 is 0 Å². The molecule has 1 rings (SSSR count). The summed E-state index contributed by atoms with van der Waals surface area (Å²) in [6.45, 7) is 4.72. The van der Waals surface area contributed by atoms with E-state index in [-0.39, 0.29) is 5.75 Å². The zero-order valence-corrected chi connectivity index (χ0v) is 7.56. The Balaban J connectivity index is 3.14. The summed E-state index contributed by atoms with van der Waals surface area (Å²) in [6.07, 6.45) is 0. The Labute approximate surface area is 71.9 Å². The lowest BCUT2D eigenvalue weighted by atomic mass is 9.99. The Morgan fingerprint density at radius 3 is 2.33 bits per heavy atom. The molecule has 1 aromatic rings. The number of hydrogen-bond donors (Lipinski definition) is 1. The zero-order valence-electron chi connectivity index (χ0n) is 7.56. The van der Waals surface area contributed by atoms with Crippen LogP contribution in [0.2, 0.25) is 0 Å². The van der Waals surface area contributed by atoms with Crippen molar-refractivity contribution < 1.29 is 9.50 Å². The van der Waals surface area contributed by atoms with Gasteiger partial charge in [-0.05, 0) is 38.0 Å². The van der Waals surface area contributed by atoms with Crippen molar-refractivity contribution in [2.45, 2.75) is 26.4 Å². The SMILES string of the molecule is Cc1ccc(C(C)(C)F)cc1O. The molecule has 0 atom stereocenters. The molecule has 0 unspecified atom stereocenters. The number of benzene rings is 1. The molecular weight excluding hydrogens is 155 g/mol. The van der Waals surface area contributed by atoms with Crippen molar-refractivity contribution in [1.82, 2.24) is 0 Å². The summed E-state index contributed by atoms with van der Waals surface area (Å²) in [5.41, 5.74) is -0.112. The van der Waals surface area contributed by atoms with Crippen LogP contribution in [0.1, 0.15) is 25.0 Å². The second kappa shape index (κ2) is 2.77. The highest BCUT2D eigenvalue weighted by atomic mass is 19.1. The molecule has 0 amide bonds. The number of hydrogen-bond acceptors (Lipinski definition) is 1. The molecule has 0 aliphatic rings. The molecular formula is C10H13FO. The van der Waals surface area contributed by atoms with E-state index in [1.165, 1.54) is 19.9 Å².